The number of hydrogen-bond donors (Lipinski definition) is 2. The van der Waals surface area contributed by atoms with E-state index < -0.39 is 29.1 Å². The van der Waals surface area contributed by atoms with E-state index in [1.165, 1.54) is 18.2 Å². The molecule has 7 heteroatoms. The van der Waals surface area contributed by atoms with Gasteiger partial charge in [-0.2, -0.15) is 0 Å². The highest BCUT2D eigenvalue weighted by atomic mass is 19.1. The first-order valence-corrected chi connectivity index (χ1v) is 9.95. The largest absolute Gasteiger partial charge is 0.320 e. The van der Waals surface area contributed by atoms with E-state index in [9.17, 15) is 18.8 Å². The molecular weight excluding hydrogens is 373 g/mol. The molecule has 4 aliphatic rings. The number of carbonyl (C=O) groups excluding carboxylic acids is 3. The van der Waals surface area contributed by atoms with Gasteiger partial charge in [-0.05, 0) is 24.3 Å². The maximum absolute atomic E-state index is 13.8. The number of nitrogens with one attached hydrogen (secondary N) is 2. The molecule has 3 fully saturated rings. The highest BCUT2D eigenvalue weighted by Crippen LogP contribution is 2.52. The first kappa shape index (κ1) is 16.9. The van der Waals surface area contributed by atoms with Gasteiger partial charge in [-0.3, -0.25) is 14.4 Å². The van der Waals surface area contributed by atoms with Gasteiger partial charge >= 0.3 is 0 Å². The molecule has 2 aromatic carbocycles. The quantitative estimate of drug-likeness (QED) is 0.707. The number of hydrogen-bond acceptors (Lipinski definition) is 3. The van der Waals surface area contributed by atoms with E-state index in [0.717, 1.165) is 34.7 Å². The minimum atomic E-state index is -1.10. The van der Waals surface area contributed by atoms with Gasteiger partial charge in [-0.1, -0.05) is 24.3 Å². The lowest BCUT2D eigenvalue weighted by Crippen LogP contribution is -3.19. The molecule has 0 radical (unpaired) electrons. The molecule has 3 amide bonds. The number of para-hydroxylation sites is 1. The predicted octanol–water partition coefficient (Wildman–Crippen LogP) is 0.840. The van der Waals surface area contributed by atoms with Crippen LogP contribution in [-0.2, 0) is 19.9 Å². The molecule has 146 valence electrons. The molecule has 0 aliphatic carbocycles. The minimum Gasteiger partial charge on any atom is -0.320 e. The predicted molar refractivity (Wildman–Crippen MR) is 101 cm³/mol. The number of imide groups is 1. The van der Waals surface area contributed by atoms with Crippen molar-refractivity contribution in [3.8, 4) is 0 Å². The summed E-state index contributed by atoms with van der Waals surface area (Å²) >= 11 is 0. The Kier molecular flexibility index (Phi) is 3.20. The van der Waals surface area contributed by atoms with Crippen LogP contribution in [0.1, 0.15) is 18.4 Å². The van der Waals surface area contributed by atoms with E-state index >= 15 is 0 Å². The van der Waals surface area contributed by atoms with Gasteiger partial charge in [0.2, 0.25) is 17.4 Å². The molecule has 3 saturated heterocycles. The van der Waals surface area contributed by atoms with Crippen LogP contribution in [-0.4, -0.2) is 30.3 Å². The summed E-state index contributed by atoms with van der Waals surface area (Å²) in [7, 11) is 0. The van der Waals surface area contributed by atoms with Crippen LogP contribution >= 0.6 is 0 Å². The van der Waals surface area contributed by atoms with Gasteiger partial charge in [0.05, 0.1) is 17.9 Å². The van der Waals surface area contributed by atoms with Crippen LogP contribution in [0.25, 0.3) is 0 Å². The van der Waals surface area contributed by atoms with Gasteiger partial charge < -0.3 is 10.2 Å². The van der Waals surface area contributed by atoms with Crippen LogP contribution in [0, 0.1) is 17.7 Å². The van der Waals surface area contributed by atoms with Crippen molar-refractivity contribution < 1.29 is 23.7 Å². The molecular formula is C22H19FN3O3+. The highest BCUT2D eigenvalue weighted by molar-refractivity contribution is 6.25. The Morgan fingerprint density at radius 2 is 1.90 bits per heavy atom. The summed E-state index contributed by atoms with van der Waals surface area (Å²) in [5.74, 6) is -2.78. The van der Waals surface area contributed by atoms with Crippen molar-refractivity contribution in [1.82, 2.24) is 0 Å². The SMILES string of the molecule is O=C1[C@@H]2[C@H]3CCC[NH+]3[C@]3(C(=O)Nc4ccccc43)[C@H]2C(=O)N1c1cccc(F)c1. The lowest BCUT2D eigenvalue weighted by Gasteiger charge is -2.33. The summed E-state index contributed by atoms with van der Waals surface area (Å²) in [6.45, 7) is 0.750. The van der Waals surface area contributed by atoms with Crippen LogP contribution in [0.4, 0.5) is 15.8 Å². The van der Waals surface area contributed by atoms with Gasteiger partial charge in [-0.25, -0.2) is 9.29 Å². The minimum absolute atomic E-state index is 0.0908. The number of nitrogens with zero attached hydrogens (tertiary/aromatic N) is 1. The zero-order valence-corrected chi connectivity index (χ0v) is 15.5. The molecule has 6 nitrogen and oxygen atoms in total. The fourth-order valence-corrected chi connectivity index (χ4v) is 6.29. The van der Waals surface area contributed by atoms with Crippen LogP contribution in [0.5, 0.6) is 0 Å². The van der Waals surface area contributed by atoms with Crippen LogP contribution in [0.15, 0.2) is 48.5 Å². The van der Waals surface area contributed by atoms with Crippen LogP contribution in [0.3, 0.4) is 0 Å². The summed E-state index contributed by atoms with van der Waals surface area (Å²) in [6.07, 6.45) is 1.70. The fourth-order valence-electron chi connectivity index (χ4n) is 6.29. The van der Waals surface area contributed by atoms with E-state index in [0.29, 0.717) is 5.69 Å². The first-order chi connectivity index (χ1) is 14.0. The molecule has 0 saturated carbocycles. The number of benzene rings is 2. The Morgan fingerprint density at radius 1 is 1.07 bits per heavy atom. The highest BCUT2D eigenvalue weighted by Gasteiger charge is 2.78. The Hall–Kier alpha value is -3.06. The van der Waals surface area contributed by atoms with Crippen LogP contribution in [0.2, 0.25) is 0 Å². The lowest BCUT2D eigenvalue weighted by molar-refractivity contribution is -0.948. The van der Waals surface area contributed by atoms with E-state index in [4.69, 9.17) is 0 Å². The molecule has 29 heavy (non-hydrogen) atoms. The summed E-state index contributed by atoms with van der Waals surface area (Å²) in [5, 5.41) is 2.95. The number of quaternary nitrogens is 1. The topological polar surface area (TPSA) is 70.9 Å². The Labute approximate surface area is 166 Å². The second-order valence-corrected chi connectivity index (χ2v) is 8.33. The monoisotopic (exact) mass is 392 g/mol. The Bertz CT molecular complexity index is 1100. The van der Waals surface area contributed by atoms with Gasteiger partial charge in [0.25, 0.3) is 5.91 Å². The third-order valence-corrected chi connectivity index (χ3v) is 7.19. The van der Waals surface area contributed by atoms with Gasteiger partial charge in [0.15, 0.2) is 0 Å². The third-order valence-electron chi connectivity index (χ3n) is 7.19. The van der Waals surface area contributed by atoms with Crippen molar-refractivity contribution in [2.24, 2.45) is 11.8 Å². The molecule has 1 unspecified atom stereocenters. The third kappa shape index (κ3) is 1.86. The number of carbonyl (C=O) groups is 3. The van der Waals surface area contributed by atoms with Crippen molar-refractivity contribution in [3.63, 3.8) is 0 Å². The normalized spacial score (nSPS) is 34.5. The number of rotatable bonds is 1. The average Bonchev–Trinajstić information content (AvgIpc) is 3.40. The molecule has 5 atom stereocenters. The number of anilines is 2. The summed E-state index contributed by atoms with van der Waals surface area (Å²) in [4.78, 5) is 42.6. The van der Waals surface area contributed by atoms with Gasteiger partial charge in [-0.15, -0.1) is 0 Å². The van der Waals surface area contributed by atoms with Crippen molar-refractivity contribution in [3.05, 3.63) is 59.9 Å². The van der Waals surface area contributed by atoms with E-state index in [-0.39, 0.29) is 23.5 Å². The van der Waals surface area contributed by atoms with Crippen molar-refractivity contribution in [2.45, 2.75) is 24.4 Å². The average molecular weight is 392 g/mol. The van der Waals surface area contributed by atoms with E-state index in [1.54, 1.807) is 6.07 Å². The van der Waals surface area contributed by atoms with Crippen molar-refractivity contribution >= 4 is 29.1 Å². The van der Waals surface area contributed by atoms with E-state index in [2.05, 4.69) is 5.32 Å². The standard InChI is InChI=1S/C22H18FN3O3/c23-12-5-3-6-13(11-12)26-19(27)17-16-9-4-10-25(16)22(18(17)20(26)28)14-7-1-2-8-15(14)24-21(22)29/h1-3,5-8,11,16-18H,4,9-10H2,(H,24,29)/p+1/t16-,17-,18-,22+/m1/s1. The lowest BCUT2D eigenvalue weighted by atomic mass is 9.75. The maximum atomic E-state index is 13.8. The second kappa shape index (κ2) is 5.51. The molecule has 0 aromatic heterocycles. The van der Waals surface area contributed by atoms with Crippen LogP contribution < -0.4 is 15.1 Å². The zero-order valence-electron chi connectivity index (χ0n) is 15.5. The van der Waals surface area contributed by atoms with Crippen molar-refractivity contribution in [1.29, 1.82) is 0 Å². The molecule has 6 rings (SSSR count). The summed E-state index contributed by atoms with van der Waals surface area (Å²) < 4.78 is 13.8. The molecule has 0 bridgehead atoms. The van der Waals surface area contributed by atoms with E-state index in [1.807, 2.05) is 24.3 Å². The number of halogens is 1. The smallest absolute Gasteiger partial charge is 0.291 e. The molecule has 4 aliphatic heterocycles. The van der Waals surface area contributed by atoms with Gasteiger partial charge in [0, 0.05) is 18.4 Å². The number of fused-ring (bicyclic) bond motifs is 7. The fraction of sp³-hybridized carbons (Fsp3) is 0.318. The summed E-state index contributed by atoms with van der Waals surface area (Å²) in [5.41, 5.74) is 0.634. The summed E-state index contributed by atoms with van der Waals surface area (Å²) in [6, 6.07) is 12.9. The molecule has 2 aromatic rings. The zero-order chi connectivity index (χ0) is 19.9. The second-order valence-electron chi connectivity index (χ2n) is 8.33. The van der Waals surface area contributed by atoms with Crippen molar-refractivity contribution in [2.75, 3.05) is 16.8 Å². The Balaban J connectivity index is 1.56. The molecule has 4 heterocycles. The maximum Gasteiger partial charge on any atom is 0.291 e. The molecule has 1 spiro atoms. The molecule has 2 N–H and O–H groups in total. The Morgan fingerprint density at radius 3 is 2.72 bits per heavy atom. The number of amides is 3. The van der Waals surface area contributed by atoms with Gasteiger partial charge in [0.1, 0.15) is 23.7 Å². The first-order valence-electron chi connectivity index (χ1n) is 9.95.